The van der Waals surface area contributed by atoms with Crippen LogP contribution in [0.5, 0.6) is 0 Å². The van der Waals surface area contributed by atoms with E-state index in [1.165, 1.54) is 22.5 Å². The molecule has 0 saturated carbocycles. The third kappa shape index (κ3) is 3.79. The van der Waals surface area contributed by atoms with Gasteiger partial charge in [-0.2, -0.15) is 0 Å². The highest BCUT2D eigenvalue weighted by atomic mass is 32.1. The Morgan fingerprint density at radius 1 is 1.37 bits per heavy atom. The first-order valence-electron chi connectivity index (χ1n) is 6.05. The van der Waals surface area contributed by atoms with Gasteiger partial charge in [-0.3, -0.25) is 4.79 Å². The molecule has 5 heteroatoms. The van der Waals surface area contributed by atoms with E-state index in [4.69, 9.17) is 5.11 Å². The predicted octanol–water partition coefficient (Wildman–Crippen LogP) is 3.52. The number of rotatable bonds is 5. The van der Waals surface area contributed by atoms with E-state index in [0.29, 0.717) is 6.42 Å². The Bertz CT molecular complexity index is 593. The lowest BCUT2D eigenvalue weighted by molar-refractivity contribution is -0.136. The fourth-order valence-corrected chi connectivity index (χ4v) is 2.42. The van der Waals surface area contributed by atoms with Crippen molar-refractivity contribution in [3.8, 4) is 0 Å². The van der Waals surface area contributed by atoms with Crippen molar-refractivity contribution >= 4 is 28.1 Å². The molecule has 1 heterocycles. The predicted molar refractivity (Wildman–Crippen MR) is 77.3 cm³/mol. The van der Waals surface area contributed by atoms with Crippen molar-refractivity contribution in [2.75, 3.05) is 5.32 Å². The van der Waals surface area contributed by atoms with Gasteiger partial charge in [0.1, 0.15) is 0 Å². The molecule has 100 valence electrons. The fourth-order valence-electron chi connectivity index (χ4n) is 1.66. The summed E-state index contributed by atoms with van der Waals surface area (Å²) in [5.74, 6) is -0.795. The van der Waals surface area contributed by atoms with Gasteiger partial charge in [0.15, 0.2) is 5.13 Å². The van der Waals surface area contributed by atoms with Gasteiger partial charge in [0, 0.05) is 17.5 Å². The topological polar surface area (TPSA) is 62.2 Å². The van der Waals surface area contributed by atoms with Crippen molar-refractivity contribution in [3.63, 3.8) is 0 Å². The van der Waals surface area contributed by atoms with Crippen LogP contribution in [0.15, 0.2) is 23.6 Å². The Kier molecular flexibility index (Phi) is 4.16. The molecule has 0 unspecified atom stereocenters. The van der Waals surface area contributed by atoms with Gasteiger partial charge in [-0.05, 0) is 37.1 Å². The molecule has 0 aliphatic rings. The van der Waals surface area contributed by atoms with E-state index in [2.05, 4.69) is 36.3 Å². The SMILES string of the molecule is Cc1ccc(Nc2nc(CCC(=O)O)cs2)cc1C. The number of carboxylic acids is 1. The molecule has 4 nitrogen and oxygen atoms in total. The van der Waals surface area contributed by atoms with Crippen LogP contribution in [0.1, 0.15) is 23.2 Å². The highest BCUT2D eigenvalue weighted by Crippen LogP contribution is 2.23. The number of nitrogens with zero attached hydrogens (tertiary/aromatic N) is 1. The first-order valence-corrected chi connectivity index (χ1v) is 6.93. The maximum atomic E-state index is 10.5. The Labute approximate surface area is 116 Å². The zero-order valence-electron chi connectivity index (χ0n) is 10.9. The van der Waals surface area contributed by atoms with Crippen LogP contribution in [0.3, 0.4) is 0 Å². The quantitative estimate of drug-likeness (QED) is 0.877. The Balaban J connectivity index is 2.02. The zero-order chi connectivity index (χ0) is 13.8. The molecule has 0 amide bonds. The molecule has 1 aromatic heterocycles. The number of hydrogen-bond acceptors (Lipinski definition) is 4. The number of anilines is 2. The molecule has 0 aliphatic carbocycles. The minimum Gasteiger partial charge on any atom is -0.481 e. The van der Waals surface area contributed by atoms with Gasteiger partial charge in [-0.15, -0.1) is 11.3 Å². The molecule has 0 saturated heterocycles. The van der Waals surface area contributed by atoms with Crippen LogP contribution < -0.4 is 5.32 Å². The van der Waals surface area contributed by atoms with Gasteiger partial charge in [0.25, 0.3) is 0 Å². The third-order valence-electron chi connectivity index (χ3n) is 2.90. The Morgan fingerprint density at radius 2 is 2.16 bits per heavy atom. The number of aryl methyl sites for hydroxylation is 3. The van der Waals surface area contributed by atoms with Crippen molar-refractivity contribution < 1.29 is 9.90 Å². The van der Waals surface area contributed by atoms with E-state index in [9.17, 15) is 4.79 Å². The summed E-state index contributed by atoms with van der Waals surface area (Å²) < 4.78 is 0. The fraction of sp³-hybridized carbons (Fsp3) is 0.286. The second-order valence-electron chi connectivity index (χ2n) is 4.46. The van der Waals surface area contributed by atoms with E-state index in [-0.39, 0.29) is 6.42 Å². The highest BCUT2D eigenvalue weighted by molar-refractivity contribution is 7.13. The Morgan fingerprint density at radius 3 is 2.84 bits per heavy atom. The molecule has 0 radical (unpaired) electrons. The average molecular weight is 276 g/mol. The van der Waals surface area contributed by atoms with E-state index in [0.717, 1.165) is 16.5 Å². The molecule has 0 bridgehead atoms. The van der Waals surface area contributed by atoms with Gasteiger partial charge in [0.2, 0.25) is 0 Å². The van der Waals surface area contributed by atoms with E-state index in [1.807, 2.05) is 11.4 Å². The highest BCUT2D eigenvalue weighted by Gasteiger charge is 2.05. The van der Waals surface area contributed by atoms with Crippen molar-refractivity contribution in [1.82, 2.24) is 4.98 Å². The maximum absolute atomic E-state index is 10.5. The van der Waals surface area contributed by atoms with Crippen LogP contribution in [0.2, 0.25) is 0 Å². The van der Waals surface area contributed by atoms with Crippen LogP contribution in [0, 0.1) is 13.8 Å². The molecule has 2 rings (SSSR count). The van der Waals surface area contributed by atoms with Gasteiger partial charge >= 0.3 is 5.97 Å². The molecular formula is C14H16N2O2S. The van der Waals surface area contributed by atoms with Crippen molar-refractivity contribution in [1.29, 1.82) is 0 Å². The standard InChI is InChI=1S/C14H16N2O2S/c1-9-3-4-11(7-10(9)2)15-14-16-12(8-19-14)5-6-13(17)18/h3-4,7-8H,5-6H2,1-2H3,(H,15,16)(H,17,18). The minimum atomic E-state index is -0.795. The zero-order valence-corrected chi connectivity index (χ0v) is 11.8. The van der Waals surface area contributed by atoms with Crippen molar-refractivity contribution in [2.24, 2.45) is 0 Å². The van der Waals surface area contributed by atoms with E-state index >= 15 is 0 Å². The molecule has 0 spiro atoms. The third-order valence-corrected chi connectivity index (χ3v) is 3.71. The lowest BCUT2D eigenvalue weighted by Gasteiger charge is -2.05. The minimum absolute atomic E-state index is 0.118. The summed E-state index contributed by atoms with van der Waals surface area (Å²) in [5, 5.41) is 14.6. The first-order chi connectivity index (χ1) is 9.04. The number of benzene rings is 1. The van der Waals surface area contributed by atoms with Gasteiger partial charge in [0.05, 0.1) is 12.1 Å². The molecular weight excluding hydrogens is 260 g/mol. The van der Waals surface area contributed by atoms with Crippen LogP contribution >= 0.6 is 11.3 Å². The molecule has 1 aromatic carbocycles. The number of aliphatic carboxylic acids is 1. The molecule has 2 aromatic rings. The Hall–Kier alpha value is -1.88. The number of nitrogens with one attached hydrogen (secondary N) is 1. The smallest absolute Gasteiger partial charge is 0.303 e. The van der Waals surface area contributed by atoms with Crippen LogP contribution in [-0.4, -0.2) is 16.1 Å². The summed E-state index contributed by atoms with van der Waals surface area (Å²) in [4.78, 5) is 14.9. The summed E-state index contributed by atoms with van der Waals surface area (Å²) in [6.07, 6.45) is 0.591. The average Bonchev–Trinajstić information content (AvgIpc) is 2.79. The second-order valence-corrected chi connectivity index (χ2v) is 5.32. The summed E-state index contributed by atoms with van der Waals surface area (Å²) in [5.41, 5.74) is 4.31. The molecule has 0 atom stereocenters. The van der Waals surface area contributed by atoms with Crippen molar-refractivity contribution in [3.05, 3.63) is 40.4 Å². The lowest BCUT2D eigenvalue weighted by Crippen LogP contribution is -1.98. The summed E-state index contributed by atoms with van der Waals surface area (Å²) in [7, 11) is 0. The van der Waals surface area contributed by atoms with Crippen LogP contribution in [0.25, 0.3) is 0 Å². The number of hydrogen-bond donors (Lipinski definition) is 2. The summed E-state index contributed by atoms with van der Waals surface area (Å²) in [6, 6.07) is 6.16. The van der Waals surface area contributed by atoms with E-state index < -0.39 is 5.97 Å². The normalized spacial score (nSPS) is 10.4. The number of carboxylic acid groups (broad SMARTS) is 1. The number of carbonyl (C=O) groups is 1. The summed E-state index contributed by atoms with van der Waals surface area (Å²) in [6.45, 7) is 4.15. The monoisotopic (exact) mass is 276 g/mol. The largest absolute Gasteiger partial charge is 0.481 e. The summed E-state index contributed by atoms with van der Waals surface area (Å²) >= 11 is 1.49. The van der Waals surface area contributed by atoms with Crippen molar-refractivity contribution in [2.45, 2.75) is 26.7 Å². The lowest BCUT2D eigenvalue weighted by atomic mass is 10.1. The van der Waals surface area contributed by atoms with Crippen LogP contribution in [-0.2, 0) is 11.2 Å². The second kappa shape index (κ2) is 5.84. The van der Waals surface area contributed by atoms with Gasteiger partial charge in [-0.1, -0.05) is 6.07 Å². The molecule has 0 aliphatic heterocycles. The molecule has 19 heavy (non-hydrogen) atoms. The molecule has 0 fully saturated rings. The maximum Gasteiger partial charge on any atom is 0.303 e. The van der Waals surface area contributed by atoms with Crippen LogP contribution in [0.4, 0.5) is 10.8 Å². The first kappa shape index (κ1) is 13.5. The molecule has 2 N–H and O–H groups in total. The van der Waals surface area contributed by atoms with E-state index in [1.54, 1.807) is 0 Å². The van der Waals surface area contributed by atoms with Gasteiger partial charge in [-0.25, -0.2) is 4.98 Å². The number of thiazole rings is 1. The van der Waals surface area contributed by atoms with Gasteiger partial charge < -0.3 is 10.4 Å². The number of aromatic nitrogens is 1.